The number of methoxy groups -OCH3 is 1. The Bertz CT molecular complexity index is 667. The van der Waals surface area contributed by atoms with E-state index in [4.69, 9.17) is 9.47 Å². The molecular weight excluding hydrogens is 314 g/mol. The van der Waals surface area contributed by atoms with Crippen LogP contribution in [-0.2, 0) is 9.59 Å². The molecule has 8 nitrogen and oxygen atoms in total. The topological polar surface area (TPSA) is 97.0 Å². The molecule has 0 unspecified atom stereocenters. The minimum absolute atomic E-state index is 0.0846. The zero-order chi connectivity index (χ0) is 17.2. The number of nitrogens with zero attached hydrogens (tertiary/aromatic N) is 1. The fourth-order valence-corrected chi connectivity index (χ4v) is 2.95. The Hall–Kier alpha value is -2.77. The number of likely N-dealkylation sites (tertiary alicyclic amines) is 1. The van der Waals surface area contributed by atoms with Gasteiger partial charge in [0.2, 0.25) is 0 Å². The van der Waals surface area contributed by atoms with Crippen molar-refractivity contribution in [3.8, 4) is 11.5 Å². The molecule has 24 heavy (non-hydrogen) atoms. The summed E-state index contributed by atoms with van der Waals surface area (Å²) < 4.78 is 10.6. The summed E-state index contributed by atoms with van der Waals surface area (Å²) in [4.78, 5) is 37.1. The molecular formula is C16H19N3O5. The molecule has 0 bridgehead atoms. The summed E-state index contributed by atoms with van der Waals surface area (Å²) in [5, 5.41) is 4.92. The smallest absolute Gasteiger partial charge is 0.322 e. The molecule has 4 amide bonds. The molecule has 2 aliphatic heterocycles. The van der Waals surface area contributed by atoms with E-state index in [1.54, 1.807) is 36.3 Å². The lowest BCUT2D eigenvalue weighted by atomic mass is 9.88. The highest BCUT2D eigenvalue weighted by Crippen LogP contribution is 2.25. The maximum atomic E-state index is 12.3. The Morgan fingerprint density at radius 2 is 1.96 bits per heavy atom. The number of benzene rings is 1. The van der Waals surface area contributed by atoms with Gasteiger partial charge in [0.05, 0.1) is 7.11 Å². The summed E-state index contributed by atoms with van der Waals surface area (Å²) in [6.07, 6.45) is 0.797. The second-order valence-corrected chi connectivity index (χ2v) is 5.84. The van der Waals surface area contributed by atoms with E-state index in [1.807, 2.05) is 0 Å². The van der Waals surface area contributed by atoms with Crippen LogP contribution >= 0.6 is 0 Å². The average molecular weight is 333 g/mol. The lowest BCUT2D eigenvalue weighted by molar-refractivity contribution is -0.137. The van der Waals surface area contributed by atoms with E-state index < -0.39 is 11.6 Å². The van der Waals surface area contributed by atoms with E-state index in [9.17, 15) is 14.4 Å². The Balaban J connectivity index is 1.52. The zero-order valence-corrected chi connectivity index (χ0v) is 13.3. The van der Waals surface area contributed by atoms with Gasteiger partial charge >= 0.3 is 6.03 Å². The molecule has 2 saturated heterocycles. The summed E-state index contributed by atoms with van der Waals surface area (Å²) >= 11 is 0. The van der Waals surface area contributed by atoms with Crippen LogP contribution < -0.4 is 20.1 Å². The fourth-order valence-electron chi connectivity index (χ4n) is 2.95. The average Bonchev–Trinajstić information content (AvgIpc) is 2.86. The van der Waals surface area contributed by atoms with Crippen LogP contribution in [0, 0.1) is 0 Å². The Kier molecular flexibility index (Phi) is 4.28. The number of hydrogen-bond donors (Lipinski definition) is 2. The van der Waals surface area contributed by atoms with Gasteiger partial charge in [0.15, 0.2) is 6.61 Å². The van der Waals surface area contributed by atoms with E-state index in [0.29, 0.717) is 37.4 Å². The molecule has 1 aromatic carbocycles. The first-order chi connectivity index (χ1) is 11.5. The number of ether oxygens (including phenoxy) is 2. The maximum Gasteiger partial charge on any atom is 0.322 e. The van der Waals surface area contributed by atoms with Crippen LogP contribution in [0.2, 0.25) is 0 Å². The van der Waals surface area contributed by atoms with E-state index in [2.05, 4.69) is 10.6 Å². The molecule has 1 aromatic rings. The van der Waals surface area contributed by atoms with Crippen molar-refractivity contribution in [3.05, 3.63) is 24.3 Å². The number of urea groups is 1. The summed E-state index contributed by atoms with van der Waals surface area (Å²) in [5.41, 5.74) is -0.873. The van der Waals surface area contributed by atoms with Gasteiger partial charge < -0.3 is 19.7 Å². The lowest BCUT2D eigenvalue weighted by Crippen LogP contribution is -2.56. The second kappa shape index (κ2) is 6.38. The number of imide groups is 1. The van der Waals surface area contributed by atoms with Crippen molar-refractivity contribution in [1.29, 1.82) is 0 Å². The molecule has 0 aliphatic carbocycles. The predicted octanol–water partition coefficient (Wildman–Crippen LogP) is 0.275. The number of rotatable bonds is 4. The lowest BCUT2D eigenvalue weighted by Gasteiger charge is -2.36. The third-order valence-corrected chi connectivity index (χ3v) is 4.39. The van der Waals surface area contributed by atoms with Crippen molar-refractivity contribution in [3.63, 3.8) is 0 Å². The van der Waals surface area contributed by atoms with Gasteiger partial charge in [0.25, 0.3) is 11.8 Å². The van der Waals surface area contributed by atoms with Crippen molar-refractivity contribution in [2.45, 2.75) is 18.4 Å². The predicted molar refractivity (Wildman–Crippen MR) is 83.7 cm³/mol. The van der Waals surface area contributed by atoms with Gasteiger partial charge in [-0.3, -0.25) is 14.9 Å². The van der Waals surface area contributed by atoms with Gasteiger partial charge in [-0.1, -0.05) is 6.07 Å². The summed E-state index contributed by atoms with van der Waals surface area (Å²) in [7, 11) is 1.56. The number of hydrogen-bond acceptors (Lipinski definition) is 5. The van der Waals surface area contributed by atoms with E-state index in [-0.39, 0.29) is 18.4 Å². The normalized spacial score (nSPS) is 19.0. The monoisotopic (exact) mass is 333 g/mol. The molecule has 2 aliphatic rings. The summed E-state index contributed by atoms with van der Waals surface area (Å²) in [5.74, 6) is 0.742. The van der Waals surface area contributed by atoms with E-state index >= 15 is 0 Å². The van der Waals surface area contributed by atoms with Gasteiger partial charge in [0, 0.05) is 19.2 Å². The van der Waals surface area contributed by atoms with Crippen molar-refractivity contribution in [2.75, 3.05) is 26.8 Å². The Morgan fingerprint density at radius 3 is 2.58 bits per heavy atom. The van der Waals surface area contributed by atoms with Gasteiger partial charge in [0.1, 0.15) is 17.0 Å². The molecule has 1 spiro atoms. The van der Waals surface area contributed by atoms with Crippen LogP contribution in [0.25, 0.3) is 0 Å². The van der Waals surface area contributed by atoms with Gasteiger partial charge in [-0.15, -0.1) is 0 Å². The van der Waals surface area contributed by atoms with Gasteiger partial charge in [-0.25, -0.2) is 4.79 Å². The molecule has 3 rings (SSSR count). The van der Waals surface area contributed by atoms with Crippen LogP contribution in [-0.4, -0.2) is 55.1 Å². The SMILES string of the molecule is COc1cccc(OCC(=O)N2CCC3(CC2)NC(=O)NC3=O)c1. The quantitative estimate of drug-likeness (QED) is 0.771. The summed E-state index contributed by atoms with van der Waals surface area (Å²) in [6.45, 7) is 0.709. The van der Waals surface area contributed by atoms with E-state index in [1.165, 1.54) is 0 Å². The second-order valence-electron chi connectivity index (χ2n) is 5.84. The molecule has 0 atom stereocenters. The Labute approximate surface area is 139 Å². The molecule has 128 valence electrons. The zero-order valence-electron chi connectivity index (χ0n) is 13.3. The first-order valence-electron chi connectivity index (χ1n) is 7.71. The first-order valence-corrected chi connectivity index (χ1v) is 7.71. The fraction of sp³-hybridized carbons (Fsp3) is 0.438. The standard InChI is InChI=1S/C16H19N3O5/c1-23-11-3-2-4-12(9-11)24-10-13(20)19-7-5-16(6-8-19)14(21)17-15(22)18-16/h2-4,9H,5-8,10H2,1H3,(H2,17,18,21,22). The first kappa shape index (κ1) is 16.1. The number of piperidine rings is 1. The summed E-state index contributed by atoms with van der Waals surface area (Å²) in [6, 6.07) is 6.56. The minimum atomic E-state index is -0.873. The molecule has 8 heteroatoms. The number of carbonyl (C=O) groups excluding carboxylic acids is 3. The van der Waals surface area contributed by atoms with Crippen molar-refractivity contribution >= 4 is 17.8 Å². The van der Waals surface area contributed by atoms with E-state index in [0.717, 1.165) is 0 Å². The van der Waals surface area contributed by atoms with Crippen LogP contribution in [0.3, 0.4) is 0 Å². The van der Waals surface area contributed by atoms with Crippen molar-refractivity contribution < 1.29 is 23.9 Å². The molecule has 2 fully saturated rings. The van der Waals surface area contributed by atoms with Crippen molar-refractivity contribution in [1.82, 2.24) is 15.5 Å². The maximum absolute atomic E-state index is 12.3. The minimum Gasteiger partial charge on any atom is -0.497 e. The van der Waals surface area contributed by atoms with Crippen molar-refractivity contribution in [2.24, 2.45) is 0 Å². The van der Waals surface area contributed by atoms with Crippen LogP contribution in [0.5, 0.6) is 11.5 Å². The molecule has 0 saturated carbocycles. The van der Waals surface area contributed by atoms with Gasteiger partial charge in [-0.2, -0.15) is 0 Å². The van der Waals surface area contributed by atoms with Crippen LogP contribution in [0.15, 0.2) is 24.3 Å². The largest absolute Gasteiger partial charge is 0.497 e. The third-order valence-electron chi connectivity index (χ3n) is 4.39. The third kappa shape index (κ3) is 3.12. The molecule has 2 heterocycles. The molecule has 0 aromatic heterocycles. The number of nitrogens with one attached hydrogen (secondary N) is 2. The molecule has 0 radical (unpaired) electrons. The highest BCUT2D eigenvalue weighted by atomic mass is 16.5. The van der Waals surface area contributed by atoms with Crippen LogP contribution in [0.1, 0.15) is 12.8 Å². The van der Waals surface area contributed by atoms with Crippen LogP contribution in [0.4, 0.5) is 4.79 Å². The Morgan fingerprint density at radius 1 is 1.25 bits per heavy atom. The highest BCUT2D eigenvalue weighted by molar-refractivity contribution is 6.07. The number of amides is 4. The molecule has 2 N–H and O–H groups in total. The van der Waals surface area contributed by atoms with Gasteiger partial charge in [-0.05, 0) is 25.0 Å². The number of carbonyl (C=O) groups is 3. The highest BCUT2D eigenvalue weighted by Gasteiger charge is 2.48.